The van der Waals surface area contributed by atoms with Crippen molar-refractivity contribution in [3.05, 3.63) is 96.1 Å². The molecule has 0 radical (unpaired) electrons. The van der Waals surface area contributed by atoms with Crippen molar-refractivity contribution < 1.29 is 13.2 Å². The molecule has 0 aromatic heterocycles. The number of rotatable bonds is 9. The van der Waals surface area contributed by atoms with Crippen molar-refractivity contribution in [2.75, 3.05) is 17.0 Å². The highest BCUT2D eigenvalue weighted by molar-refractivity contribution is 7.98. The van der Waals surface area contributed by atoms with E-state index < -0.39 is 10.0 Å². The summed E-state index contributed by atoms with van der Waals surface area (Å²) in [5.74, 6) is 1.48. The molecule has 0 saturated heterocycles. The lowest BCUT2D eigenvalue weighted by atomic mass is 10.2. The Labute approximate surface area is 175 Å². The van der Waals surface area contributed by atoms with Crippen molar-refractivity contribution in [3.63, 3.8) is 0 Å². The number of sulfonamides is 1. The Morgan fingerprint density at radius 2 is 1.45 bits per heavy atom. The first-order valence-electron chi connectivity index (χ1n) is 9.12. The number of hydrogen-bond donors (Lipinski definition) is 2. The average molecular weight is 427 g/mol. The van der Waals surface area contributed by atoms with Crippen LogP contribution in [0.4, 0.5) is 5.69 Å². The Morgan fingerprint density at radius 1 is 0.828 bits per heavy atom. The summed E-state index contributed by atoms with van der Waals surface area (Å²) in [5.41, 5.74) is 2.17. The van der Waals surface area contributed by atoms with Gasteiger partial charge in [0.2, 0.25) is 0 Å². The maximum absolute atomic E-state index is 12.4. The standard InChI is InChI=1S/C22H22N2O3S2/c25-22(23-15-16-28-17-18-7-3-1-4-8-18)19-11-13-21(14-12-19)29(26,27)24-20-9-5-2-6-10-20/h1-14,24H,15-17H2,(H,23,25). The van der Waals surface area contributed by atoms with E-state index in [0.29, 0.717) is 17.8 Å². The van der Waals surface area contributed by atoms with Crippen LogP contribution in [0.5, 0.6) is 0 Å². The third-order valence-corrected chi connectivity index (χ3v) is 6.52. The number of hydrogen-bond acceptors (Lipinski definition) is 4. The third kappa shape index (κ3) is 6.37. The molecule has 0 aliphatic rings. The number of carbonyl (C=O) groups excluding carboxylic acids is 1. The molecule has 0 spiro atoms. The molecule has 5 nitrogen and oxygen atoms in total. The second kappa shape index (κ2) is 10.1. The molecule has 0 aliphatic heterocycles. The van der Waals surface area contributed by atoms with E-state index in [9.17, 15) is 13.2 Å². The van der Waals surface area contributed by atoms with Gasteiger partial charge in [-0.2, -0.15) is 11.8 Å². The number of carbonyl (C=O) groups is 1. The Morgan fingerprint density at radius 3 is 2.10 bits per heavy atom. The molecule has 3 rings (SSSR count). The fourth-order valence-corrected chi connectivity index (χ4v) is 4.49. The van der Waals surface area contributed by atoms with Crippen molar-refractivity contribution in [1.82, 2.24) is 5.32 Å². The lowest BCUT2D eigenvalue weighted by molar-refractivity contribution is 0.0956. The van der Waals surface area contributed by atoms with Crippen LogP contribution < -0.4 is 10.0 Å². The van der Waals surface area contributed by atoms with Gasteiger partial charge in [0.25, 0.3) is 15.9 Å². The molecule has 0 fully saturated rings. The smallest absolute Gasteiger partial charge is 0.261 e. The Hall–Kier alpha value is -2.77. The fraction of sp³-hybridized carbons (Fsp3) is 0.136. The number of thioether (sulfide) groups is 1. The van der Waals surface area contributed by atoms with E-state index in [2.05, 4.69) is 22.2 Å². The van der Waals surface area contributed by atoms with Crippen LogP contribution in [0.1, 0.15) is 15.9 Å². The van der Waals surface area contributed by atoms with E-state index in [0.717, 1.165) is 11.5 Å². The summed E-state index contributed by atoms with van der Waals surface area (Å²) in [4.78, 5) is 12.4. The SMILES string of the molecule is O=C(NCCSCc1ccccc1)c1ccc(S(=O)(=O)Nc2ccccc2)cc1. The third-order valence-electron chi connectivity index (χ3n) is 4.10. The number of amides is 1. The number of benzene rings is 3. The number of nitrogens with one attached hydrogen (secondary N) is 2. The Bertz CT molecular complexity index is 1020. The van der Waals surface area contributed by atoms with Crippen LogP contribution in [-0.4, -0.2) is 26.6 Å². The zero-order chi connectivity index (χ0) is 20.5. The molecular formula is C22H22N2O3S2. The van der Waals surface area contributed by atoms with Gasteiger partial charge >= 0.3 is 0 Å². The maximum atomic E-state index is 12.4. The summed E-state index contributed by atoms with van der Waals surface area (Å²) in [7, 11) is -3.69. The maximum Gasteiger partial charge on any atom is 0.261 e. The summed E-state index contributed by atoms with van der Waals surface area (Å²) in [6, 6.07) is 24.7. The Balaban J connectivity index is 1.48. The molecular weight excluding hydrogens is 404 g/mol. The highest BCUT2D eigenvalue weighted by Gasteiger charge is 2.15. The van der Waals surface area contributed by atoms with E-state index in [4.69, 9.17) is 0 Å². The summed E-state index contributed by atoms with van der Waals surface area (Å²) in [5, 5.41) is 2.86. The van der Waals surface area contributed by atoms with Gasteiger partial charge in [-0.25, -0.2) is 8.42 Å². The number of anilines is 1. The highest BCUT2D eigenvalue weighted by atomic mass is 32.2. The summed E-state index contributed by atoms with van der Waals surface area (Å²) in [6.45, 7) is 0.548. The first-order valence-corrected chi connectivity index (χ1v) is 11.8. The molecule has 150 valence electrons. The van der Waals surface area contributed by atoms with Gasteiger partial charge in [0.05, 0.1) is 4.90 Å². The summed E-state index contributed by atoms with van der Waals surface area (Å²) in [6.07, 6.45) is 0. The molecule has 1 amide bonds. The number of para-hydroxylation sites is 1. The Kier molecular flexibility index (Phi) is 7.32. The van der Waals surface area contributed by atoms with E-state index in [1.165, 1.54) is 29.8 Å². The van der Waals surface area contributed by atoms with Crippen molar-refractivity contribution >= 4 is 33.4 Å². The van der Waals surface area contributed by atoms with E-state index >= 15 is 0 Å². The van der Waals surface area contributed by atoms with Gasteiger partial charge in [-0.05, 0) is 42.0 Å². The molecule has 2 N–H and O–H groups in total. The van der Waals surface area contributed by atoms with Gasteiger partial charge in [-0.3, -0.25) is 9.52 Å². The monoisotopic (exact) mass is 426 g/mol. The minimum absolute atomic E-state index is 0.108. The zero-order valence-corrected chi connectivity index (χ0v) is 17.4. The van der Waals surface area contributed by atoms with Gasteiger partial charge in [-0.15, -0.1) is 0 Å². The molecule has 0 atom stereocenters. The van der Waals surface area contributed by atoms with Crippen molar-refractivity contribution in [1.29, 1.82) is 0 Å². The average Bonchev–Trinajstić information content (AvgIpc) is 2.74. The van der Waals surface area contributed by atoms with Crippen LogP contribution in [0.2, 0.25) is 0 Å². The topological polar surface area (TPSA) is 75.3 Å². The molecule has 29 heavy (non-hydrogen) atoms. The van der Waals surface area contributed by atoms with Gasteiger partial charge in [-0.1, -0.05) is 48.5 Å². The minimum Gasteiger partial charge on any atom is -0.351 e. The molecule has 7 heteroatoms. The highest BCUT2D eigenvalue weighted by Crippen LogP contribution is 2.16. The predicted molar refractivity (Wildman–Crippen MR) is 119 cm³/mol. The molecule has 0 unspecified atom stereocenters. The molecule has 0 heterocycles. The zero-order valence-electron chi connectivity index (χ0n) is 15.7. The quantitative estimate of drug-likeness (QED) is 0.504. The van der Waals surface area contributed by atoms with Crippen LogP contribution in [0, 0.1) is 0 Å². The summed E-state index contributed by atoms with van der Waals surface area (Å²) >= 11 is 1.75. The van der Waals surface area contributed by atoms with Crippen LogP contribution in [0.3, 0.4) is 0 Å². The van der Waals surface area contributed by atoms with Gasteiger partial charge in [0.1, 0.15) is 0 Å². The van der Waals surface area contributed by atoms with Crippen molar-refractivity contribution in [3.8, 4) is 0 Å². The second-order valence-electron chi connectivity index (χ2n) is 6.29. The van der Waals surface area contributed by atoms with Gasteiger partial charge in [0, 0.05) is 29.3 Å². The van der Waals surface area contributed by atoms with E-state index in [-0.39, 0.29) is 10.8 Å². The largest absolute Gasteiger partial charge is 0.351 e. The van der Waals surface area contributed by atoms with Crippen LogP contribution in [-0.2, 0) is 15.8 Å². The lowest BCUT2D eigenvalue weighted by Crippen LogP contribution is -2.25. The fourth-order valence-electron chi connectivity index (χ4n) is 2.61. The van der Waals surface area contributed by atoms with Crippen LogP contribution >= 0.6 is 11.8 Å². The lowest BCUT2D eigenvalue weighted by Gasteiger charge is -2.09. The molecule has 0 aliphatic carbocycles. The first-order chi connectivity index (χ1) is 14.0. The molecule has 0 bridgehead atoms. The predicted octanol–water partition coefficient (Wildman–Crippen LogP) is 4.15. The van der Waals surface area contributed by atoms with Crippen molar-refractivity contribution in [2.24, 2.45) is 0 Å². The molecule has 3 aromatic carbocycles. The van der Waals surface area contributed by atoms with E-state index in [1.54, 1.807) is 36.0 Å². The van der Waals surface area contributed by atoms with Gasteiger partial charge < -0.3 is 5.32 Å². The van der Waals surface area contributed by atoms with Crippen molar-refractivity contribution in [2.45, 2.75) is 10.6 Å². The normalized spacial score (nSPS) is 11.0. The molecule has 3 aromatic rings. The first kappa shape index (κ1) is 21.0. The van der Waals surface area contributed by atoms with Gasteiger partial charge in [0.15, 0.2) is 0 Å². The second-order valence-corrected chi connectivity index (χ2v) is 9.08. The van der Waals surface area contributed by atoms with Crippen LogP contribution in [0.15, 0.2) is 89.8 Å². The minimum atomic E-state index is -3.69. The molecule has 0 saturated carbocycles. The van der Waals surface area contributed by atoms with Crippen LogP contribution in [0.25, 0.3) is 0 Å². The summed E-state index contributed by atoms with van der Waals surface area (Å²) < 4.78 is 27.4. The van der Waals surface area contributed by atoms with E-state index in [1.807, 2.05) is 24.3 Å².